The molecule has 0 radical (unpaired) electrons. The maximum absolute atomic E-state index is 13.6. The number of benzene rings is 1. The first-order valence-corrected chi connectivity index (χ1v) is 4.82. The molecule has 1 fully saturated rings. The van der Waals surface area contributed by atoms with E-state index >= 15 is 0 Å². The number of halogens is 1. The highest BCUT2D eigenvalue weighted by Gasteiger charge is 2.15. The van der Waals surface area contributed by atoms with Crippen molar-refractivity contribution in [2.75, 3.05) is 18.0 Å². The summed E-state index contributed by atoms with van der Waals surface area (Å²) in [5.41, 5.74) is 1.28. The molecule has 0 atom stereocenters. The lowest BCUT2D eigenvalue weighted by Crippen LogP contribution is -2.18. The van der Waals surface area contributed by atoms with Gasteiger partial charge in [0.25, 0.3) is 0 Å². The van der Waals surface area contributed by atoms with Crippen molar-refractivity contribution in [2.24, 2.45) is 0 Å². The van der Waals surface area contributed by atoms with Crippen molar-refractivity contribution >= 4 is 5.69 Å². The van der Waals surface area contributed by atoms with Crippen molar-refractivity contribution in [2.45, 2.75) is 12.8 Å². The summed E-state index contributed by atoms with van der Waals surface area (Å²) in [6, 6.07) is 4.99. The van der Waals surface area contributed by atoms with E-state index in [-0.39, 0.29) is 5.82 Å². The average molecular weight is 189 g/mol. The van der Waals surface area contributed by atoms with E-state index in [1.807, 2.05) is 0 Å². The van der Waals surface area contributed by atoms with Crippen LogP contribution in [0.15, 0.2) is 18.2 Å². The van der Waals surface area contributed by atoms with E-state index in [1.54, 1.807) is 12.1 Å². The minimum absolute atomic E-state index is 0.206. The zero-order valence-electron chi connectivity index (χ0n) is 7.96. The van der Waals surface area contributed by atoms with Crippen LogP contribution in [0.5, 0.6) is 0 Å². The smallest absolute Gasteiger partial charge is 0.147 e. The minimum atomic E-state index is -0.206. The first-order valence-electron chi connectivity index (χ1n) is 4.82. The SMILES string of the molecule is C#Cc1ccc(N2CCCC2)c(F)c1. The monoisotopic (exact) mass is 189 g/mol. The van der Waals surface area contributed by atoms with Gasteiger partial charge in [0.1, 0.15) is 5.82 Å². The minimum Gasteiger partial charge on any atom is -0.369 e. The molecule has 0 saturated carbocycles. The molecule has 1 aromatic carbocycles. The zero-order valence-corrected chi connectivity index (χ0v) is 7.96. The van der Waals surface area contributed by atoms with Crippen LogP contribution < -0.4 is 4.90 Å². The van der Waals surface area contributed by atoms with Crippen LogP contribution in [0.1, 0.15) is 18.4 Å². The highest BCUT2D eigenvalue weighted by molar-refractivity contribution is 5.52. The Morgan fingerprint density at radius 3 is 2.57 bits per heavy atom. The molecule has 0 spiro atoms. The number of anilines is 1. The van der Waals surface area contributed by atoms with Crippen LogP contribution in [0, 0.1) is 18.2 Å². The lowest BCUT2D eigenvalue weighted by Gasteiger charge is -2.18. The van der Waals surface area contributed by atoms with Crippen LogP contribution in [0.25, 0.3) is 0 Å². The van der Waals surface area contributed by atoms with Gasteiger partial charge in [0.2, 0.25) is 0 Å². The van der Waals surface area contributed by atoms with E-state index < -0.39 is 0 Å². The third kappa shape index (κ3) is 1.58. The quantitative estimate of drug-likeness (QED) is 0.613. The predicted molar refractivity (Wildman–Crippen MR) is 55.8 cm³/mol. The number of rotatable bonds is 1. The van der Waals surface area contributed by atoms with Crippen molar-refractivity contribution in [3.8, 4) is 12.3 Å². The molecule has 72 valence electrons. The summed E-state index contributed by atoms with van der Waals surface area (Å²) in [5.74, 6) is 2.22. The normalized spacial score (nSPS) is 15.6. The standard InChI is InChI=1S/C12H12FN/c1-2-10-5-6-12(11(13)9-10)14-7-3-4-8-14/h1,5-6,9H,3-4,7-8H2. The molecule has 1 saturated heterocycles. The molecular weight excluding hydrogens is 177 g/mol. The summed E-state index contributed by atoms with van der Waals surface area (Å²) in [6.07, 6.45) is 7.49. The van der Waals surface area contributed by atoms with Gasteiger partial charge in [-0.1, -0.05) is 5.92 Å². The van der Waals surface area contributed by atoms with E-state index in [2.05, 4.69) is 10.8 Å². The molecule has 1 heterocycles. The van der Waals surface area contributed by atoms with E-state index in [0.717, 1.165) is 25.9 Å². The number of nitrogens with zero attached hydrogens (tertiary/aromatic N) is 1. The van der Waals surface area contributed by atoms with Gasteiger partial charge >= 0.3 is 0 Å². The van der Waals surface area contributed by atoms with Gasteiger partial charge in [-0.2, -0.15) is 0 Å². The predicted octanol–water partition coefficient (Wildman–Crippen LogP) is 2.41. The van der Waals surface area contributed by atoms with Crippen LogP contribution in [0.3, 0.4) is 0 Å². The fourth-order valence-electron chi connectivity index (χ4n) is 1.81. The molecule has 1 aromatic rings. The fraction of sp³-hybridized carbons (Fsp3) is 0.333. The molecule has 2 rings (SSSR count). The summed E-state index contributed by atoms with van der Waals surface area (Å²) < 4.78 is 13.6. The van der Waals surface area contributed by atoms with Gasteiger partial charge < -0.3 is 4.90 Å². The molecule has 0 N–H and O–H groups in total. The lowest BCUT2D eigenvalue weighted by molar-refractivity contribution is 0.622. The van der Waals surface area contributed by atoms with Crippen LogP contribution in [-0.2, 0) is 0 Å². The largest absolute Gasteiger partial charge is 0.369 e. The molecule has 0 amide bonds. The maximum atomic E-state index is 13.6. The molecule has 14 heavy (non-hydrogen) atoms. The van der Waals surface area contributed by atoms with E-state index in [9.17, 15) is 4.39 Å². The van der Waals surface area contributed by atoms with Crippen molar-refractivity contribution in [1.82, 2.24) is 0 Å². The van der Waals surface area contributed by atoms with Gasteiger partial charge in [-0.3, -0.25) is 0 Å². The summed E-state index contributed by atoms with van der Waals surface area (Å²) in [5, 5.41) is 0. The molecule has 0 aliphatic carbocycles. The van der Waals surface area contributed by atoms with Gasteiger partial charge in [-0.05, 0) is 31.0 Å². The Bertz CT molecular complexity index is 372. The first-order chi connectivity index (χ1) is 6.81. The zero-order chi connectivity index (χ0) is 9.97. The third-order valence-corrected chi connectivity index (χ3v) is 2.56. The maximum Gasteiger partial charge on any atom is 0.147 e. The Balaban J connectivity index is 2.30. The number of terminal acetylenes is 1. The third-order valence-electron chi connectivity index (χ3n) is 2.56. The Labute approximate surface area is 83.5 Å². The Kier molecular flexibility index (Phi) is 2.41. The molecule has 0 unspecified atom stereocenters. The van der Waals surface area contributed by atoms with Crippen molar-refractivity contribution < 1.29 is 4.39 Å². The van der Waals surface area contributed by atoms with Gasteiger partial charge in [-0.15, -0.1) is 6.42 Å². The van der Waals surface area contributed by atoms with Crippen LogP contribution in [-0.4, -0.2) is 13.1 Å². The number of hydrogen-bond acceptors (Lipinski definition) is 1. The highest BCUT2D eigenvalue weighted by atomic mass is 19.1. The fourth-order valence-corrected chi connectivity index (χ4v) is 1.81. The molecule has 2 heteroatoms. The van der Waals surface area contributed by atoms with Crippen LogP contribution >= 0.6 is 0 Å². The van der Waals surface area contributed by atoms with Crippen LogP contribution in [0.2, 0.25) is 0 Å². The lowest BCUT2D eigenvalue weighted by atomic mass is 10.2. The summed E-state index contributed by atoms with van der Waals surface area (Å²) in [4.78, 5) is 2.07. The molecule has 1 aliphatic rings. The summed E-state index contributed by atoms with van der Waals surface area (Å²) >= 11 is 0. The van der Waals surface area contributed by atoms with E-state index in [1.165, 1.54) is 6.07 Å². The molecule has 0 bridgehead atoms. The van der Waals surface area contributed by atoms with E-state index in [0.29, 0.717) is 11.3 Å². The Morgan fingerprint density at radius 2 is 2.00 bits per heavy atom. The second-order valence-corrected chi connectivity index (χ2v) is 3.50. The summed E-state index contributed by atoms with van der Waals surface area (Å²) in [7, 11) is 0. The Hall–Kier alpha value is -1.49. The van der Waals surface area contributed by atoms with Gasteiger partial charge in [0.15, 0.2) is 0 Å². The highest BCUT2D eigenvalue weighted by Crippen LogP contribution is 2.23. The molecule has 0 aromatic heterocycles. The molecular formula is C12H12FN. The topological polar surface area (TPSA) is 3.24 Å². The van der Waals surface area contributed by atoms with Gasteiger partial charge in [0, 0.05) is 18.7 Å². The van der Waals surface area contributed by atoms with Gasteiger partial charge in [-0.25, -0.2) is 4.39 Å². The first kappa shape index (κ1) is 9.08. The van der Waals surface area contributed by atoms with E-state index in [4.69, 9.17) is 6.42 Å². The van der Waals surface area contributed by atoms with Crippen molar-refractivity contribution in [3.63, 3.8) is 0 Å². The van der Waals surface area contributed by atoms with Crippen molar-refractivity contribution in [1.29, 1.82) is 0 Å². The second-order valence-electron chi connectivity index (χ2n) is 3.50. The van der Waals surface area contributed by atoms with Crippen molar-refractivity contribution in [3.05, 3.63) is 29.6 Å². The Morgan fingerprint density at radius 1 is 1.29 bits per heavy atom. The molecule has 1 aliphatic heterocycles. The van der Waals surface area contributed by atoms with Crippen LogP contribution in [0.4, 0.5) is 10.1 Å². The van der Waals surface area contributed by atoms with Gasteiger partial charge in [0.05, 0.1) is 5.69 Å². The summed E-state index contributed by atoms with van der Waals surface area (Å²) in [6.45, 7) is 1.90. The second kappa shape index (κ2) is 3.71. The molecule has 1 nitrogen and oxygen atoms in total. The average Bonchev–Trinajstić information content (AvgIpc) is 2.70. The number of hydrogen-bond donors (Lipinski definition) is 0.